The van der Waals surface area contributed by atoms with Crippen LogP contribution in [-0.2, 0) is 0 Å². The van der Waals surface area contributed by atoms with E-state index in [1.807, 2.05) is 0 Å². The van der Waals surface area contributed by atoms with E-state index in [4.69, 9.17) is 0 Å². The molecule has 0 radical (unpaired) electrons. The summed E-state index contributed by atoms with van der Waals surface area (Å²) in [5.74, 6) is -0.176. The van der Waals surface area contributed by atoms with Gasteiger partial charge < -0.3 is 0 Å². The summed E-state index contributed by atoms with van der Waals surface area (Å²) < 4.78 is 13.1. The topological polar surface area (TPSA) is 0 Å². The van der Waals surface area contributed by atoms with E-state index in [2.05, 4.69) is 22.6 Å². The Hall–Kier alpha value is -0.120. The van der Waals surface area contributed by atoms with Gasteiger partial charge in [-0.1, -0.05) is 0 Å². The van der Waals surface area contributed by atoms with Crippen molar-refractivity contribution < 1.29 is 4.39 Å². The minimum Gasteiger partial charge on any atom is -0.207 e. The molecule has 0 aliphatic carbocycles. The number of halogens is 2. The van der Waals surface area contributed by atoms with Gasteiger partial charge in [0.25, 0.3) is 0 Å². The summed E-state index contributed by atoms with van der Waals surface area (Å²) in [6, 6.07) is 6.36. The molecule has 2 heteroatoms. The molecule has 0 aliphatic heterocycles. The molecule has 1 aromatic carbocycles. The van der Waals surface area contributed by atoms with Crippen LogP contribution < -0.4 is 0 Å². The average Bonchev–Trinajstić information content (AvgIpc) is 1.77. The van der Waals surface area contributed by atoms with E-state index in [0.29, 0.717) is 0 Å². The highest BCUT2D eigenvalue weighted by atomic mass is 127. The second kappa shape index (κ2) is 2.44. The number of hydrogen-bond acceptors (Lipinski definition) is 0. The zero-order chi connectivity index (χ0) is 5.98. The molecule has 0 fully saturated rings. The van der Waals surface area contributed by atoms with Crippen LogP contribution in [0.4, 0.5) is 4.39 Å². The minimum atomic E-state index is -0.176. The quantitative estimate of drug-likeness (QED) is 0.590. The van der Waals surface area contributed by atoms with Crippen LogP contribution >= 0.6 is 22.6 Å². The molecule has 0 heterocycles. The van der Waals surface area contributed by atoms with E-state index in [1.165, 1.54) is 12.1 Å². The van der Waals surface area contributed by atoms with Crippen molar-refractivity contribution in [1.29, 1.82) is 0 Å². The van der Waals surface area contributed by atoms with Gasteiger partial charge in [-0.05, 0) is 46.9 Å². The maximum atomic E-state index is 12.1. The van der Waals surface area contributed by atoms with Gasteiger partial charge in [0.15, 0.2) is 0 Å². The molecular weight excluding hydrogens is 217 g/mol. The first-order chi connectivity index (χ1) is 3.79. The Bertz CT molecular complexity index is 147. The molecule has 1 rings (SSSR count). The van der Waals surface area contributed by atoms with Gasteiger partial charge in [0.1, 0.15) is 5.82 Å². The van der Waals surface area contributed by atoms with Crippen molar-refractivity contribution in [3.8, 4) is 0 Å². The minimum absolute atomic E-state index is 0.176. The van der Waals surface area contributed by atoms with Crippen LogP contribution in [0.1, 0.15) is 0 Å². The molecule has 0 N–H and O–H groups in total. The van der Waals surface area contributed by atoms with Crippen LogP contribution in [0.3, 0.4) is 0 Å². The molecule has 8 heavy (non-hydrogen) atoms. The summed E-state index contributed by atoms with van der Waals surface area (Å²) in [5, 5.41) is 0. The lowest BCUT2D eigenvalue weighted by molar-refractivity contribution is 0.627. The predicted octanol–water partition coefficient (Wildman–Crippen LogP) is 2.43. The fourth-order valence-electron chi connectivity index (χ4n) is 0.430. The summed E-state index contributed by atoms with van der Waals surface area (Å²) in [6.07, 6.45) is 0. The SMILES string of the molecule is [18F]c1ccc(I)cc1. The lowest BCUT2D eigenvalue weighted by Crippen LogP contribution is -1.70. The van der Waals surface area contributed by atoms with Gasteiger partial charge in [0.05, 0.1) is 0 Å². The molecule has 0 atom stereocenters. The lowest BCUT2D eigenvalue weighted by Gasteiger charge is -1.85. The van der Waals surface area contributed by atoms with Crippen molar-refractivity contribution in [2.45, 2.75) is 0 Å². The van der Waals surface area contributed by atoms with E-state index in [0.717, 1.165) is 3.57 Å². The third-order valence-corrected chi connectivity index (χ3v) is 1.52. The van der Waals surface area contributed by atoms with Crippen LogP contribution in [0.25, 0.3) is 0 Å². The van der Waals surface area contributed by atoms with Crippen molar-refractivity contribution in [2.24, 2.45) is 0 Å². The van der Waals surface area contributed by atoms with E-state index >= 15 is 0 Å². The van der Waals surface area contributed by atoms with Crippen molar-refractivity contribution in [3.63, 3.8) is 0 Å². The van der Waals surface area contributed by atoms with Crippen LogP contribution in [0.15, 0.2) is 24.3 Å². The van der Waals surface area contributed by atoms with Gasteiger partial charge in [-0.25, -0.2) is 4.39 Å². The smallest absolute Gasteiger partial charge is 0.123 e. The molecule has 42 valence electrons. The molecule has 0 bridgehead atoms. The Morgan fingerprint density at radius 2 is 1.62 bits per heavy atom. The van der Waals surface area contributed by atoms with Crippen LogP contribution in [-0.4, -0.2) is 0 Å². The largest absolute Gasteiger partial charge is 0.207 e. The first kappa shape index (κ1) is 6.01. The normalized spacial score (nSPS) is 9.25. The zero-order valence-electron chi connectivity index (χ0n) is 4.07. The van der Waals surface area contributed by atoms with Crippen LogP contribution in [0.2, 0.25) is 0 Å². The van der Waals surface area contributed by atoms with Gasteiger partial charge in [0, 0.05) is 3.57 Å². The lowest BCUT2D eigenvalue weighted by atomic mass is 10.4. The number of hydrogen-bond donors (Lipinski definition) is 0. The van der Waals surface area contributed by atoms with Gasteiger partial charge in [-0.2, -0.15) is 0 Å². The maximum Gasteiger partial charge on any atom is 0.123 e. The predicted molar refractivity (Wildman–Crippen MR) is 39.1 cm³/mol. The first-order valence-electron chi connectivity index (χ1n) is 2.20. The standard InChI is InChI=1S/C6H4FI/c7-5-1-3-6(8)4-2-5/h1-4H/i7-1. The number of rotatable bonds is 0. The zero-order valence-corrected chi connectivity index (χ0v) is 6.22. The van der Waals surface area contributed by atoms with Crippen LogP contribution in [0.5, 0.6) is 0 Å². The summed E-state index contributed by atoms with van der Waals surface area (Å²) in [4.78, 5) is 0. The van der Waals surface area contributed by atoms with E-state index < -0.39 is 0 Å². The van der Waals surface area contributed by atoms with Gasteiger partial charge in [0.2, 0.25) is 0 Å². The Balaban J connectivity index is 3.03. The van der Waals surface area contributed by atoms with Crippen molar-refractivity contribution in [1.82, 2.24) is 0 Å². The second-order valence-corrected chi connectivity index (χ2v) is 2.68. The average molecular weight is 221 g/mol. The van der Waals surface area contributed by atoms with E-state index in [1.54, 1.807) is 12.1 Å². The van der Waals surface area contributed by atoms with Gasteiger partial charge >= 0.3 is 0 Å². The van der Waals surface area contributed by atoms with E-state index in [9.17, 15) is 4.39 Å². The molecule has 0 nitrogen and oxygen atoms in total. The fourth-order valence-corrected chi connectivity index (χ4v) is 0.789. The maximum absolute atomic E-state index is 12.1. The highest BCUT2D eigenvalue weighted by Gasteiger charge is 1.84. The van der Waals surface area contributed by atoms with Crippen molar-refractivity contribution >= 4 is 22.6 Å². The Morgan fingerprint density at radius 1 is 1.12 bits per heavy atom. The molecular formula is C6H4FI. The monoisotopic (exact) mass is 221 g/mol. The van der Waals surface area contributed by atoms with Gasteiger partial charge in [-0.3, -0.25) is 0 Å². The number of benzene rings is 1. The summed E-state index contributed by atoms with van der Waals surface area (Å²) in [5.41, 5.74) is 0. The van der Waals surface area contributed by atoms with Gasteiger partial charge in [-0.15, -0.1) is 0 Å². The highest BCUT2D eigenvalue weighted by Crippen LogP contribution is 2.03. The molecule has 0 amide bonds. The Kier molecular flexibility index (Phi) is 1.83. The van der Waals surface area contributed by atoms with Crippen LogP contribution in [0, 0.1) is 9.39 Å². The molecule has 0 spiro atoms. The third-order valence-electron chi connectivity index (χ3n) is 0.804. The molecule has 0 saturated heterocycles. The highest BCUT2D eigenvalue weighted by molar-refractivity contribution is 14.1. The Labute approximate surface area is 60.9 Å². The molecule has 0 aliphatic rings. The summed E-state index contributed by atoms with van der Waals surface area (Å²) in [7, 11) is 0. The fraction of sp³-hybridized carbons (Fsp3) is 0. The summed E-state index contributed by atoms with van der Waals surface area (Å²) >= 11 is 2.13. The molecule has 0 aromatic heterocycles. The third kappa shape index (κ3) is 1.43. The molecule has 0 unspecified atom stereocenters. The Morgan fingerprint density at radius 3 is 2.00 bits per heavy atom. The first-order valence-corrected chi connectivity index (χ1v) is 3.28. The molecule has 0 saturated carbocycles. The summed E-state index contributed by atoms with van der Waals surface area (Å²) in [6.45, 7) is 0. The van der Waals surface area contributed by atoms with E-state index in [-0.39, 0.29) is 5.82 Å². The van der Waals surface area contributed by atoms with Crippen molar-refractivity contribution in [3.05, 3.63) is 33.7 Å². The van der Waals surface area contributed by atoms with Crippen molar-refractivity contribution in [2.75, 3.05) is 0 Å². The second-order valence-electron chi connectivity index (χ2n) is 1.44. The molecule has 1 aromatic rings.